The van der Waals surface area contributed by atoms with Gasteiger partial charge in [-0.1, -0.05) is 17.9 Å². The summed E-state index contributed by atoms with van der Waals surface area (Å²) in [6.07, 6.45) is 4.00. The summed E-state index contributed by atoms with van der Waals surface area (Å²) in [5.41, 5.74) is 1.25. The van der Waals surface area contributed by atoms with E-state index in [1.54, 1.807) is 25.4 Å². The lowest BCUT2D eigenvalue weighted by Gasteiger charge is -2.12. The van der Waals surface area contributed by atoms with Crippen LogP contribution < -0.4 is 15.6 Å². The summed E-state index contributed by atoms with van der Waals surface area (Å²) in [6, 6.07) is 13.7. The normalized spacial score (nSPS) is 11.5. The van der Waals surface area contributed by atoms with Gasteiger partial charge in [0.15, 0.2) is 11.6 Å². The second-order valence-electron chi connectivity index (χ2n) is 8.81. The van der Waals surface area contributed by atoms with Gasteiger partial charge in [-0.05, 0) is 61.0 Å². The van der Waals surface area contributed by atoms with Gasteiger partial charge in [-0.2, -0.15) is 0 Å². The molecular weight excluding hydrogens is 504 g/mol. The molecule has 1 amide bonds. The third-order valence-corrected chi connectivity index (χ3v) is 6.06. The molecule has 0 radical (unpaired) electrons. The number of carbonyl (C=O) groups is 1. The number of aromatic nitrogens is 2. The molecular formula is C30H27F2N3O4. The number of hydrogen-bond donors (Lipinski definition) is 1. The van der Waals surface area contributed by atoms with Crippen LogP contribution in [0.25, 0.3) is 10.9 Å². The SMILES string of the molecule is COC(C)CCOc1ccnc2ccc(C#CCNC(=O)c3cccn(Cc4ccc(F)c(F)c4)c3=O)cc12. The molecule has 0 saturated carbocycles. The zero-order valence-corrected chi connectivity index (χ0v) is 21.5. The van der Waals surface area contributed by atoms with Crippen LogP contribution in [0.3, 0.4) is 0 Å². The van der Waals surface area contributed by atoms with Crippen molar-refractivity contribution < 1.29 is 23.0 Å². The van der Waals surface area contributed by atoms with Crippen molar-refractivity contribution >= 4 is 16.8 Å². The van der Waals surface area contributed by atoms with Crippen LogP contribution in [0.4, 0.5) is 8.78 Å². The van der Waals surface area contributed by atoms with E-state index in [-0.39, 0.29) is 24.8 Å². The van der Waals surface area contributed by atoms with Crippen LogP contribution in [0.1, 0.15) is 34.8 Å². The zero-order chi connectivity index (χ0) is 27.8. The van der Waals surface area contributed by atoms with E-state index in [1.165, 1.54) is 22.9 Å². The van der Waals surface area contributed by atoms with Crippen molar-refractivity contribution in [2.75, 3.05) is 20.3 Å². The van der Waals surface area contributed by atoms with Crippen LogP contribution in [0.2, 0.25) is 0 Å². The van der Waals surface area contributed by atoms with Crippen molar-refractivity contribution in [1.29, 1.82) is 0 Å². The number of carbonyl (C=O) groups excluding carboxylic acids is 1. The lowest BCUT2D eigenvalue weighted by atomic mass is 10.1. The van der Waals surface area contributed by atoms with Gasteiger partial charge in [0, 0.05) is 36.9 Å². The molecule has 1 N–H and O–H groups in total. The fraction of sp³-hybridized carbons (Fsp3) is 0.233. The first-order valence-corrected chi connectivity index (χ1v) is 12.3. The van der Waals surface area contributed by atoms with Gasteiger partial charge >= 0.3 is 0 Å². The van der Waals surface area contributed by atoms with Crippen molar-refractivity contribution in [2.24, 2.45) is 0 Å². The molecule has 0 aliphatic carbocycles. The largest absolute Gasteiger partial charge is 0.493 e. The number of hydrogen-bond acceptors (Lipinski definition) is 5. The third-order valence-electron chi connectivity index (χ3n) is 6.06. The topological polar surface area (TPSA) is 82.4 Å². The van der Waals surface area contributed by atoms with Gasteiger partial charge in [0.05, 0.1) is 31.3 Å². The summed E-state index contributed by atoms with van der Waals surface area (Å²) in [5.74, 6) is 4.04. The fourth-order valence-electron chi connectivity index (χ4n) is 3.81. The number of pyridine rings is 2. The maximum absolute atomic E-state index is 13.5. The predicted molar refractivity (Wildman–Crippen MR) is 144 cm³/mol. The summed E-state index contributed by atoms with van der Waals surface area (Å²) in [7, 11) is 1.66. The van der Waals surface area contributed by atoms with E-state index in [0.29, 0.717) is 23.5 Å². The first kappa shape index (κ1) is 27.5. The maximum atomic E-state index is 13.5. The lowest BCUT2D eigenvalue weighted by molar-refractivity contribution is 0.0953. The van der Waals surface area contributed by atoms with Crippen LogP contribution in [0, 0.1) is 23.5 Å². The first-order chi connectivity index (χ1) is 18.9. The number of halogens is 2. The molecule has 0 aliphatic heterocycles. The fourth-order valence-corrected chi connectivity index (χ4v) is 3.81. The first-order valence-electron chi connectivity index (χ1n) is 12.3. The van der Waals surface area contributed by atoms with E-state index in [4.69, 9.17) is 9.47 Å². The van der Waals surface area contributed by atoms with Gasteiger partial charge in [0.25, 0.3) is 11.5 Å². The number of fused-ring (bicyclic) bond motifs is 1. The van der Waals surface area contributed by atoms with Crippen LogP contribution >= 0.6 is 0 Å². The van der Waals surface area contributed by atoms with E-state index in [2.05, 4.69) is 22.1 Å². The Morgan fingerprint density at radius 2 is 1.97 bits per heavy atom. The van der Waals surface area contributed by atoms with E-state index >= 15 is 0 Å². The Hall–Kier alpha value is -4.55. The number of amides is 1. The van der Waals surface area contributed by atoms with Crippen molar-refractivity contribution in [3.63, 3.8) is 0 Å². The molecule has 0 bridgehead atoms. The molecule has 0 aliphatic rings. The molecule has 200 valence electrons. The summed E-state index contributed by atoms with van der Waals surface area (Å²) >= 11 is 0. The number of nitrogens with one attached hydrogen (secondary N) is 1. The minimum Gasteiger partial charge on any atom is -0.493 e. The quantitative estimate of drug-likeness (QED) is 0.326. The minimum absolute atomic E-state index is 0.00904. The molecule has 4 rings (SSSR count). The average molecular weight is 532 g/mol. The molecule has 4 aromatic rings. The van der Waals surface area contributed by atoms with Crippen molar-refractivity contribution in [2.45, 2.75) is 26.0 Å². The maximum Gasteiger partial charge on any atom is 0.263 e. The van der Waals surface area contributed by atoms with Gasteiger partial charge in [-0.3, -0.25) is 14.6 Å². The Balaban J connectivity index is 1.41. The highest BCUT2D eigenvalue weighted by Crippen LogP contribution is 2.25. The highest BCUT2D eigenvalue weighted by molar-refractivity contribution is 5.94. The molecule has 39 heavy (non-hydrogen) atoms. The van der Waals surface area contributed by atoms with Gasteiger partial charge in [-0.15, -0.1) is 0 Å². The summed E-state index contributed by atoms with van der Waals surface area (Å²) in [6.45, 7) is 2.48. The van der Waals surface area contributed by atoms with E-state index < -0.39 is 23.1 Å². The highest BCUT2D eigenvalue weighted by atomic mass is 19.2. The molecule has 2 aromatic heterocycles. The van der Waals surface area contributed by atoms with Crippen LogP contribution in [-0.4, -0.2) is 41.8 Å². The smallest absolute Gasteiger partial charge is 0.263 e. The van der Waals surface area contributed by atoms with Crippen molar-refractivity contribution in [3.05, 3.63) is 106 Å². The van der Waals surface area contributed by atoms with Crippen LogP contribution in [-0.2, 0) is 11.3 Å². The highest BCUT2D eigenvalue weighted by Gasteiger charge is 2.12. The van der Waals surface area contributed by atoms with Crippen molar-refractivity contribution in [1.82, 2.24) is 14.9 Å². The molecule has 1 unspecified atom stereocenters. The molecule has 0 spiro atoms. The number of nitrogens with zero attached hydrogens (tertiary/aromatic N) is 2. The van der Waals surface area contributed by atoms with Gasteiger partial charge in [-0.25, -0.2) is 8.78 Å². The zero-order valence-electron chi connectivity index (χ0n) is 21.5. The average Bonchev–Trinajstić information content (AvgIpc) is 2.94. The number of ether oxygens (including phenoxy) is 2. The van der Waals surface area contributed by atoms with E-state index in [1.807, 2.05) is 25.1 Å². The van der Waals surface area contributed by atoms with Gasteiger partial charge < -0.3 is 19.4 Å². The van der Waals surface area contributed by atoms with Gasteiger partial charge in [0.2, 0.25) is 0 Å². The Kier molecular flexibility index (Phi) is 9.02. The van der Waals surface area contributed by atoms with Crippen molar-refractivity contribution in [3.8, 4) is 17.6 Å². The molecule has 7 nitrogen and oxygen atoms in total. The minimum atomic E-state index is -1.00. The van der Waals surface area contributed by atoms with Crippen LogP contribution in [0.15, 0.2) is 71.8 Å². The molecule has 2 heterocycles. The summed E-state index contributed by atoms with van der Waals surface area (Å²) in [5, 5.41) is 3.45. The van der Waals surface area contributed by atoms with E-state index in [9.17, 15) is 18.4 Å². The summed E-state index contributed by atoms with van der Waals surface area (Å²) in [4.78, 5) is 29.8. The molecule has 0 saturated heterocycles. The molecule has 0 fully saturated rings. The lowest BCUT2D eigenvalue weighted by Crippen LogP contribution is -2.33. The Morgan fingerprint density at radius 3 is 2.77 bits per heavy atom. The van der Waals surface area contributed by atoms with Crippen LogP contribution in [0.5, 0.6) is 5.75 Å². The standard InChI is InChI=1S/C30H27F2N3O4/c1-20(38-2)12-16-39-28-11-14-33-27-10-8-21(17-24(27)28)5-3-13-34-29(36)23-6-4-15-35(30(23)37)19-22-7-9-25(31)26(32)18-22/h4,6-11,14-15,17-18,20H,12-13,16,19H2,1-2H3,(H,34,36). The number of benzene rings is 2. The Bertz CT molecular complexity index is 1610. The number of rotatable bonds is 9. The molecule has 9 heteroatoms. The Labute approximate surface area is 224 Å². The van der Waals surface area contributed by atoms with E-state index in [0.717, 1.165) is 29.5 Å². The number of methoxy groups -OCH3 is 1. The van der Waals surface area contributed by atoms with Gasteiger partial charge in [0.1, 0.15) is 11.3 Å². The molecule has 1 atom stereocenters. The monoisotopic (exact) mass is 531 g/mol. The third kappa shape index (κ3) is 7.06. The molecule has 2 aromatic carbocycles. The second kappa shape index (κ2) is 12.8. The summed E-state index contributed by atoms with van der Waals surface area (Å²) < 4.78 is 39.1. The predicted octanol–water partition coefficient (Wildman–Crippen LogP) is 4.31. The second-order valence-corrected chi connectivity index (χ2v) is 8.81. The Morgan fingerprint density at radius 1 is 1.13 bits per heavy atom.